The smallest absolute Gasteiger partial charge is 0.0235 e. The molecule has 8 heavy (non-hydrogen) atoms. The van der Waals surface area contributed by atoms with Crippen LogP contribution in [0.2, 0.25) is 0 Å². The molecule has 2 bridgehead atoms. The molecule has 0 aromatic rings. The zero-order valence-corrected chi connectivity index (χ0v) is 4.93. The lowest BCUT2D eigenvalue weighted by Crippen LogP contribution is -2.33. The van der Waals surface area contributed by atoms with Gasteiger partial charge in [0, 0.05) is 12.1 Å². The third-order valence-electron chi connectivity index (χ3n) is 2.50. The maximum absolute atomic E-state index is 5.82. The molecule has 2 aliphatic rings. The Morgan fingerprint density at radius 1 is 1.38 bits per heavy atom. The summed E-state index contributed by atoms with van der Waals surface area (Å²) in [7, 11) is 0. The van der Waals surface area contributed by atoms with Gasteiger partial charge in [0.25, 0.3) is 0 Å². The first kappa shape index (κ1) is 4.77. The van der Waals surface area contributed by atoms with Gasteiger partial charge in [-0.3, -0.25) is 0 Å². The molecule has 1 aliphatic carbocycles. The first-order valence-corrected chi connectivity index (χ1v) is 3.37. The summed E-state index contributed by atoms with van der Waals surface area (Å²) in [5.41, 5.74) is 5.82. The van der Waals surface area contributed by atoms with Gasteiger partial charge in [-0.05, 0) is 25.3 Å². The van der Waals surface area contributed by atoms with Crippen molar-refractivity contribution in [1.82, 2.24) is 5.32 Å². The minimum absolute atomic E-state index is 0.481. The molecule has 2 fully saturated rings. The molecule has 1 unspecified atom stereocenters. The summed E-state index contributed by atoms with van der Waals surface area (Å²) in [6.45, 7) is 1.17. The average Bonchev–Trinajstić information content (AvgIpc) is 2.29. The summed E-state index contributed by atoms with van der Waals surface area (Å²) in [5, 5.41) is 3.38. The quantitative estimate of drug-likeness (QED) is 0.451. The van der Waals surface area contributed by atoms with Crippen LogP contribution in [0.15, 0.2) is 0 Å². The fourth-order valence-corrected chi connectivity index (χ4v) is 1.89. The first-order chi connectivity index (χ1) is 3.88. The zero-order chi connectivity index (χ0) is 5.56. The van der Waals surface area contributed by atoms with Crippen LogP contribution in [0.3, 0.4) is 0 Å². The molecule has 0 aromatic heterocycles. The number of nitrogens with one attached hydrogen (secondary N) is 1. The molecule has 0 radical (unpaired) electrons. The maximum Gasteiger partial charge on any atom is 0.0235 e. The number of piperidine rings is 1. The Bertz CT molecular complexity index is 82.7. The number of hydrogen-bond acceptors (Lipinski definition) is 2. The van der Waals surface area contributed by atoms with E-state index in [9.17, 15) is 0 Å². The highest BCUT2D eigenvalue weighted by molar-refractivity contribution is 4.99. The van der Waals surface area contributed by atoms with Crippen molar-refractivity contribution in [3.05, 3.63) is 0 Å². The number of fused-ring (bicyclic) bond motifs is 2. The average molecular weight is 112 g/mol. The Kier molecular flexibility index (Phi) is 0.866. The third kappa shape index (κ3) is 0.446. The molecular weight excluding hydrogens is 100 g/mol. The van der Waals surface area contributed by atoms with Gasteiger partial charge in [-0.15, -0.1) is 0 Å². The predicted molar refractivity (Wildman–Crippen MR) is 32.5 cm³/mol. The molecule has 3 atom stereocenters. The topological polar surface area (TPSA) is 38.0 Å². The Hall–Kier alpha value is -0.0800. The number of rotatable bonds is 0. The number of hydrogen-bond donors (Lipinski definition) is 2. The van der Waals surface area contributed by atoms with Gasteiger partial charge in [-0.25, -0.2) is 0 Å². The van der Waals surface area contributed by atoms with Crippen LogP contribution in [0.1, 0.15) is 12.8 Å². The summed E-state index contributed by atoms with van der Waals surface area (Å²) in [6, 6.07) is 1.15. The molecule has 2 heteroatoms. The molecular formula is C6H12N2. The van der Waals surface area contributed by atoms with Gasteiger partial charge < -0.3 is 11.1 Å². The van der Waals surface area contributed by atoms with Crippen molar-refractivity contribution < 1.29 is 0 Å². The van der Waals surface area contributed by atoms with Gasteiger partial charge >= 0.3 is 0 Å². The van der Waals surface area contributed by atoms with Crippen molar-refractivity contribution in [2.45, 2.75) is 24.9 Å². The normalized spacial score (nSPS) is 52.9. The molecule has 1 aliphatic heterocycles. The molecule has 46 valence electrons. The highest BCUT2D eigenvalue weighted by atomic mass is 15.0. The van der Waals surface area contributed by atoms with Crippen molar-refractivity contribution in [2.75, 3.05) is 6.54 Å². The van der Waals surface area contributed by atoms with Crippen LogP contribution in [0, 0.1) is 5.92 Å². The van der Waals surface area contributed by atoms with Crippen molar-refractivity contribution in [3.63, 3.8) is 0 Å². The van der Waals surface area contributed by atoms with Crippen LogP contribution in [0.25, 0.3) is 0 Å². The van der Waals surface area contributed by atoms with E-state index < -0.39 is 0 Å². The standard InChI is InChI=1S/C6H12N2/c7-6-4-1-2-5(6)8-3-4/h4-6,8H,1-3,7H2/t4-,5?,6+/m1/s1. The van der Waals surface area contributed by atoms with Crippen molar-refractivity contribution in [2.24, 2.45) is 11.7 Å². The Morgan fingerprint density at radius 2 is 2.25 bits per heavy atom. The largest absolute Gasteiger partial charge is 0.326 e. The molecule has 1 saturated heterocycles. The van der Waals surface area contributed by atoms with Gasteiger partial charge in [0.2, 0.25) is 0 Å². The van der Waals surface area contributed by atoms with Gasteiger partial charge in [-0.2, -0.15) is 0 Å². The minimum Gasteiger partial charge on any atom is -0.326 e. The van der Waals surface area contributed by atoms with Crippen LogP contribution in [0.5, 0.6) is 0 Å². The van der Waals surface area contributed by atoms with Crippen molar-refractivity contribution in [1.29, 1.82) is 0 Å². The molecule has 1 heterocycles. The van der Waals surface area contributed by atoms with E-state index in [0.29, 0.717) is 12.1 Å². The van der Waals surface area contributed by atoms with E-state index in [2.05, 4.69) is 5.32 Å². The molecule has 0 spiro atoms. The summed E-state index contributed by atoms with van der Waals surface area (Å²) in [6.07, 6.45) is 2.67. The highest BCUT2D eigenvalue weighted by Gasteiger charge is 2.38. The second-order valence-electron chi connectivity index (χ2n) is 2.93. The molecule has 2 rings (SSSR count). The van der Waals surface area contributed by atoms with Gasteiger partial charge in [0.15, 0.2) is 0 Å². The highest BCUT2D eigenvalue weighted by Crippen LogP contribution is 2.29. The van der Waals surface area contributed by atoms with Gasteiger partial charge in [-0.1, -0.05) is 0 Å². The monoisotopic (exact) mass is 112 g/mol. The van der Waals surface area contributed by atoms with Gasteiger partial charge in [0.05, 0.1) is 0 Å². The van der Waals surface area contributed by atoms with E-state index in [4.69, 9.17) is 5.73 Å². The summed E-state index contributed by atoms with van der Waals surface area (Å²) < 4.78 is 0. The summed E-state index contributed by atoms with van der Waals surface area (Å²) in [4.78, 5) is 0. The van der Waals surface area contributed by atoms with E-state index in [1.54, 1.807) is 0 Å². The van der Waals surface area contributed by atoms with E-state index in [1.807, 2.05) is 0 Å². The third-order valence-corrected chi connectivity index (χ3v) is 2.50. The van der Waals surface area contributed by atoms with Crippen LogP contribution in [-0.2, 0) is 0 Å². The van der Waals surface area contributed by atoms with Crippen molar-refractivity contribution in [3.8, 4) is 0 Å². The Balaban J connectivity index is 2.16. The van der Waals surface area contributed by atoms with Crippen LogP contribution in [0.4, 0.5) is 0 Å². The van der Waals surface area contributed by atoms with Gasteiger partial charge in [0.1, 0.15) is 0 Å². The molecule has 2 nitrogen and oxygen atoms in total. The summed E-state index contributed by atoms with van der Waals surface area (Å²) in [5.74, 6) is 0.806. The first-order valence-electron chi connectivity index (χ1n) is 3.37. The number of nitrogens with two attached hydrogens (primary N) is 1. The predicted octanol–water partition coefficient (Wildman–Crippen LogP) is -0.305. The SMILES string of the molecule is N[C@@H]1C2CC[C@@H]1CN2. The fourth-order valence-electron chi connectivity index (χ4n) is 1.89. The van der Waals surface area contributed by atoms with Crippen molar-refractivity contribution >= 4 is 0 Å². The zero-order valence-electron chi connectivity index (χ0n) is 4.93. The fraction of sp³-hybridized carbons (Fsp3) is 1.00. The minimum atomic E-state index is 0.481. The van der Waals surface area contributed by atoms with Crippen LogP contribution in [-0.4, -0.2) is 18.6 Å². The maximum atomic E-state index is 5.82. The second kappa shape index (κ2) is 1.45. The van der Waals surface area contributed by atoms with E-state index in [1.165, 1.54) is 19.4 Å². The van der Waals surface area contributed by atoms with E-state index >= 15 is 0 Å². The lowest BCUT2D eigenvalue weighted by Gasteiger charge is -2.07. The molecule has 3 N–H and O–H groups in total. The lowest BCUT2D eigenvalue weighted by atomic mass is 10.1. The Morgan fingerprint density at radius 3 is 2.38 bits per heavy atom. The molecule has 0 aromatic carbocycles. The van der Waals surface area contributed by atoms with E-state index in [0.717, 1.165) is 5.92 Å². The summed E-state index contributed by atoms with van der Waals surface area (Å²) >= 11 is 0. The lowest BCUT2D eigenvalue weighted by molar-refractivity contribution is 0.503. The van der Waals surface area contributed by atoms with E-state index in [-0.39, 0.29) is 0 Å². The Labute approximate surface area is 49.4 Å². The second-order valence-corrected chi connectivity index (χ2v) is 2.93. The van der Waals surface area contributed by atoms with Crippen LogP contribution < -0.4 is 11.1 Å². The molecule has 1 saturated carbocycles. The molecule has 0 amide bonds. The van der Waals surface area contributed by atoms with Crippen LogP contribution >= 0.6 is 0 Å².